The molecule has 264 valence electrons. The number of nitrogens with one attached hydrogen (secondary N) is 1. The summed E-state index contributed by atoms with van der Waals surface area (Å²) in [6.45, 7) is 7.39. The van der Waals surface area contributed by atoms with E-state index in [1.165, 1.54) is 7.11 Å². The Bertz CT molecular complexity index is 1730. The minimum absolute atomic E-state index is 0.0258. The topological polar surface area (TPSA) is 126 Å². The smallest absolute Gasteiger partial charge is 0.467 e. The molecule has 4 aromatic rings. The molecule has 0 unspecified atom stereocenters. The quantitative estimate of drug-likeness (QED) is 0.0871. The predicted molar refractivity (Wildman–Crippen MR) is 189 cm³/mol. The lowest BCUT2D eigenvalue weighted by atomic mass is 9.78. The van der Waals surface area contributed by atoms with Crippen LogP contribution >= 0.6 is 7.82 Å². The van der Waals surface area contributed by atoms with E-state index >= 15 is 0 Å². The molecule has 11 heteroatoms. The zero-order valence-electron chi connectivity index (χ0n) is 29.0. The van der Waals surface area contributed by atoms with Crippen molar-refractivity contribution in [1.29, 1.82) is 0 Å². The summed E-state index contributed by atoms with van der Waals surface area (Å²) in [7, 11) is -3.06. The maximum Gasteiger partial charge on any atom is 0.530 e. The summed E-state index contributed by atoms with van der Waals surface area (Å²) < 4.78 is 42.5. The molecule has 10 nitrogen and oxygen atoms in total. The minimum atomic E-state index is -4.24. The fourth-order valence-electron chi connectivity index (χ4n) is 5.57. The predicted octanol–water partition coefficient (Wildman–Crippen LogP) is 7.68. The van der Waals surface area contributed by atoms with Gasteiger partial charge >= 0.3 is 19.8 Å². The minimum Gasteiger partial charge on any atom is -0.467 e. The summed E-state index contributed by atoms with van der Waals surface area (Å²) in [6.07, 6.45) is -0.538. The molecule has 0 aliphatic carbocycles. The summed E-state index contributed by atoms with van der Waals surface area (Å²) in [5, 5.41) is 2.64. The second-order valence-electron chi connectivity index (χ2n) is 12.6. The standard InChI is InChI=1S/C39H44NO9P/c1-28-21-29(2)37(34(22-28)49-50(44,47-26-31-17-11-7-12-18-31)48-27-32-19-13-8-14-20-32)39(3,4)24-35(41)40-33(38(43)45-5)23-36(42)46-25-30-15-9-6-10-16-30/h6-22,33H,23-27H2,1-5H3,(H,40,41)/t33-/m0/s1. The third-order valence-electron chi connectivity index (χ3n) is 7.83. The van der Waals surface area contributed by atoms with Gasteiger partial charge in [-0.3, -0.25) is 18.6 Å². The first-order valence-corrected chi connectivity index (χ1v) is 17.7. The SMILES string of the molecule is COC(=O)[C@H](CC(=O)OCc1ccccc1)NC(=O)CC(C)(C)c1c(C)cc(C)cc1OP(=O)(OCc1ccccc1)OCc1ccccc1. The highest BCUT2D eigenvalue weighted by Gasteiger charge is 2.36. The molecule has 0 aliphatic rings. The molecule has 1 atom stereocenters. The molecule has 1 amide bonds. The lowest BCUT2D eigenvalue weighted by Crippen LogP contribution is -2.44. The molecular weight excluding hydrogens is 657 g/mol. The largest absolute Gasteiger partial charge is 0.530 e. The Morgan fingerprint density at radius 1 is 0.760 bits per heavy atom. The van der Waals surface area contributed by atoms with Crippen LogP contribution in [0, 0.1) is 13.8 Å². The Labute approximate surface area is 293 Å². The summed E-state index contributed by atoms with van der Waals surface area (Å²) in [4.78, 5) is 38.7. The first-order chi connectivity index (χ1) is 23.9. The number of hydrogen-bond acceptors (Lipinski definition) is 9. The second-order valence-corrected chi connectivity index (χ2v) is 14.2. The van der Waals surface area contributed by atoms with Crippen LogP contribution < -0.4 is 9.84 Å². The number of phosphoric acid groups is 1. The summed E-state index contributed by atoms with van der Waals surface area (Å²) in [6, 6.07) is 30.0. The van der Waals surface area contributed by atoms with Crippen LogP contribution in [0.1, 0.15) is 60.1 Å². The molecule has 0 aliphatic heterocycles. The van der Waals surface area contributed by atoms with Crippen LogP contribution in [0.2, 0.25) is 0 Å². The van der Waals surface area contributed by atoms with Gasteiger partial charge < -0.3 is 19.3 Å². The Morgan fingerprint density at radius 2 is 1.26 bits per heavy atom. The van der Waals surface area contributed by atoms with Crippen LogP contribution in [-0.2, 0) is 62.7 Å². The number of amides is 1. The van der Waals surface area contributed by atoms with Gasteiger partial charge in [0.1, 0.15) is 18.4 Å². The second kappa shape index (κ2) is 17.8. The lowest BCUT2D eigenvalue weighted by Gasteiger charge is -2.31. The van der Waals surface area contributed by atoms with Gasteiger partial charge in [-0.25, -0.2) is 9.36 Å². The molecule has 50 heavy (non-hydrogen) atoms. The summed E-state index contributed by atoms with van der Waals surface area (Å²) in [5.41, 5.74) is 3.64. The first kappa shape index (κ1) is 38.0. The van der Waals surface area contributed by atoms with E-state index in [9.17, 15) is 18.9 Å². The fraction of sp³-hybridized carbons (Fsp3) is 0.308. The monoisotopic (exact) mass is 701 g/mol. The van der Waals surface area contributed by atoms with Crippen molar-refractivity contribution in [2.45, 2.75) is 71.8 Å². The molecule has 0 saturated heterocycles. The van der Waals surface area contributed by atoms with Crippen LogP contribution in [0.3, 0.4) is 0 Å². The molecule has 0 spiro atoms. The molecule has 1 N–H and O–H groups in total. The van der Waals surface area contributed by atoms with Gasteiger partial charge in [-0.1, -0.05) is 111 Å². The fourth-order valence-corrected chi connectivity index (χ4v) is 6.75. The number of rotatable bonds is 17. The molecule has 0 fully saturated rings. The molecule has 0 radical (unpaired) electrons. The van der Waals surface area contributed by atoms with E-state index in [0.717, 1.165) is 27.8 Å². The van der Waals surface area contributed by atoms with Gasteiger partial charge in [-0.05, 0) is 47.7 Å². The van der Waals surface area contributed by atoms with Crippen molar-refractivity contribution < 1.29 is 42.0 Å². The van der Waals surface area contributed by atoms with Crippen molar-refractivity contribution in [2.75, 3.05) is 7.11 Å². The molecule has 0 saturated carbocycles. The van der Waals surface area contributed by atoms with Gasteiger partial charge in [-0.15, -0.1) is 0 Å². The molecule has 0 aromatic heterocycles. The Morgan fingerprint density at radius 3 is 1.76 bits per heavy atom. The zero-order chi connectivity index (χ0) is 36.1. The van der Waals surface area contributed by atoms with E-state index in [0.29, 0.717) is 5.56 Å². The first-order valence-electron chi connectivity index (χ1n) is 16.2. The zero-order valence-corrected chi connectivity index (χ0v) is 29.9. The number of benzene rings is 4. The van der Waals surface area contributed by atoms with Gasteiger partial charge in [0.15, 0.2) is 0 Å². The van der Waals surface area contributed by atoms with Crippen LogP contribution in [0.5, 0.6) is 5.75 Å². The number of carbonyl (C=O) groups excluding carboxylic acids is 3. The molecule has 4 aromatic carbocycles. The van der Waals surface area contributed by atoms with Gasteiger partial charge in [-0.2, -0.15) is 0 Å². The number of carbonyl (C=O) groups is 3. The van der Waals surface area contributed by atoms with Gasteiger partial charge in [0, 0.05) is 17.4 Å². The normalized spacial score (nSPS) is 12.1. The van der Waals surface area contributed by atoms with Crippen LogP contribution in [0.4, 0.5) is 0 Å². The van der Waals surface area contributed by atoms with Crippen molar-refractivity contribution in [3.63, 3.8) is 0 Å². The van der Waals surface area contributed by atoms with Crippen LogP contribution in [0.15, 0.2) is 103 Å². The van der Waals surface area contributed by atoms with E-state index in [1.807, 2.05) is 125 Å². The lowest BCUT2D eigenvalue weighted by molar-refractivity contribution is -0.152. The van der Waals surface area contributed by atoms with Gasteiger partial charge in [0.2, 0.25) is 5.91 Å². The molecule has 0 heterocycles. The number of hydrogen-bond donors (Lipinski definition) is 1. The van der Waals surface area contributed by atoms with E-state index in [4.69, 9.17) is 23.0 Å². The number of methoxy groups -OCH3 is 1. The Kier molecular flexibility index (Phi) is 13.5. The number of esters is 2. The van der Waals surface area contributed by atoms with Crippen molar-refractivity contribution in [2.24, 2.45) is 0 Å². The van der Waals surface area contributed by atoms with Gasteiger partial charge in [0.25, 0.3) is 0 Å². The van der Waals surface area contributed by atoms with Crippen LogP contribution in [-0.4, -0.2) is 31.0 Å². The number of phosphoric ester groups is 1. The van der Waals surface area contributed by atoms with Crippen molar-refractivity contribution >= 4 is 25.7 Å². The van der Waals surface area contributed by atoms with Crippen molar-refractivity contribution in [1.82, 2.24) is 5.32 Å². The maximum absolute atomic E-state index is 14.3. The molecule has 4 rings (SSSR count). The highest BCUT2D eigenvalue weighted by molar-refractivity contribution is 7.48. The Balaban J connectivity index is 1.53. The maximum atomic E-state index is 14.3. The van der Waals surface area contributed by atoms with E-state index in [2.05, 4.69) is 5.32 Å². The highest BCUT2D eigenvalue weighted by atomic mass is 31.2. The Hall–Kier alpha value is -4.76. The average molecular weight is 702 g/mol. The summed E-state index contributed by atoms with van der Waals surface area (Å²) in [5.74, 6) is -1.74. The van der Waals surface area contributed by atoms with Crippen molar-refractivity contribution in [3.05, 3.63) is 137 Å². The third kappa shape index (κ3) is 11.4. The third-order valence-corrected chi connectivity index (χ3v) is 9.14. The highest BCUT2D eigenvalue weighted by Crippen LogP contribution is 2.53. The van der Waals surface area contributed by atoms with Crippen LogP contribution in [0.25, 0.3) is 0 Å². The van der Waals surface area contributed by atoms with Crippen molar-refractivity contribution in [3.8, 4) is 5.75 Å². The molecular formula is C39H44NO9P. The van der Waals surface area contributed by atoms with Gasteiger partial charge in [0.05, 0.1) is 26.7 Å². The van der Waals surface area contributed by atoms with E-state index in [-0.39, 0.29) is 32.0 Å². The van der Waals surface area contributed by atoms with E-state index < -0.39 is 43.5 Å². The number of ether oxygens (including phenoxy) is 2. The average Bonchev–Trinajstić information content (AvgIpc) is 3.09. The van der Waals surface area contributed by atoms with E-state index in [1.54, 1.807) is 6.07 Å². The number of aryl methyl sites for hydroxylation is 2. The summed E-state index contributed by atoms with van der Waals surface area (Å²) >= 11 is 0. The molecule has 0 bridgehead atoms.